The van der Waals surface area contributed by atoms with Gasteiger partial charge in [-0.3, -0.25) is 81.7 Å². The van der Waals surface area contributed by atoms with Gasteiger partial charge in [-0.2, -0.15) is 11.8 Å². The topological polar surface area (TPSA) is 644 Å². The molecule has 0 aliphatic rings. The number of aliphatic hydroxyl groups is 1. The summed E-state index contributed by atoms with van der Waals surface area (Å²) in [6, 6.07) is -6.00. The van der Waals surface area contributed by atoms with E-state index < -0.39 is 188 Å². The van der Waals surface area contributed by atoms with E-state index in [-0.39, 0.29) is 114 Å². The molecule has 2 heterocycles. The number of aliphatic hydroxyl groups excluding tert-OH is 1. The van der Waals surface area contributed by atoms with Crippen LogP contribution in [-0.2, 0) is 99.0 Å². The summed E-state index contributed by atoms with van der Waals surface area (Å²) in [5.41, 5.74) is 23.6. The zero-order chi connectivity index (χ0) is 85.0. The van der Waals surface area contributed by atoms with Crippen LogP contribution < -0.4 is 97.4 Å². The number of thioether (sulfide) groups is 2. The van der Waals surface area contributed by atoms with E-state index in [4.69, 9.17) is 32.4 Å². The lowest BCUT2D eigenvalue weighted by atomic mass is 10.0. The number of para-hydroxylation sites is 1. The van der Waals surface area contributed by atoms with Gasteiger partial charge in [-0.15, -0.1) is 11.8 Å². The highest BCUT2D eigenvalue weighted by Crippen LogP contribution is 2.20. The minimum Gasteiger partial charge on any atom is -0.394 e. The number of nitrogens with zero attached hydrogens (tertiary/aromatic N) is 3. The Labute approximate surface area is 668 Å². The molecule has 114 heavy (non-hydrogen) atoms. The average Bonchev–Trinajstić information content (AvgIpc) is 1.66. The van der Waals surface area contributed by atoms with Crippen molar-refractivity contribution >= 4 is 135 Å². The molecule has 0 aliphatic heterocycles. The number of carbonyl (C=O) groups excluding carboxylic acids is 16. The Morgan fingerprint density at radius 3 is 1.79 bits per heavy atom. The highest BCUT2D eigenvalue weighted by atomic mass is 32.2. The Morgan fingerprint density at radius 1 is 0.588 bits per heavy atom. The maximum Gasteiger partial charge on any atom is 0.246 e. The Balaban J connectivity index is 1.65. The van der Waals surface area contributed by atoms with Crippen molar-refractivity contribution in [2.45, 2.75) is 153 Å². The molecule has 634 valence electrons. The largest absolute Gasteiger partial charge is 0.394 e. The number of guanidine groups is 1. The van der Waals surface area contributed by atoms with Crippen LogP contribution in [0.4, 0.5) is 0 Å². The van der Waals surface area contributed by atoms with Crippen molar-refractivity contribution in [3.8, 4) is 0 Å². The van der Waals surface area contributed by atoms with Crippen LogP contribution in [0.15, 0.2) is 48.0 Å². The molecule has 0 fully saturated rings. The Kier molecular flexibility index (Phi) is 45.0. The number of H-pyrrole nitrogens is 2. The van der Waals surface area contributed by atoms with Crippen molar-refractivity contribution in [3.63, 3.8) is 0 Å². The number of aromatic nitrogens is 3. The second-order valence-corrected chi connectivity index (χ2v) is 29.4. The molecule has 3 rings (SSSR count). The monoisotopic (exact) mass is 1640 g/mol. The molecule has 10 atom stereocenters. The Hall–Kier alpha value is -10.7. The van der Waals surface area contributed by atoms with Gasteiger partial charge in [-0.05, 0) is 88.6 Å². The Bertz CT molecular complexity index is 3710. The molecular formula is C70H113N23O19S2. The number of aliphatic imine (C=N–C) groups is 1. The second kappa shape index (κ2) is 52.6. The number of likely N-dealkylation sites (N-methyl/N-ethyl adjacent to an activating group) is 1. The van der Waals surface area contributed by atoms with E-state index >= 15 is 0 Å². The number of hydrogen-bond donors (Lipinski definition) is 21. The van der Waals surface area contributed by atoms with Crippen LogP contribution in [0.25, 0.3) is 10.9 Å². The van der Waals surface area contributed by atoms with Gasteiger partial charge in [0.2, 0.25) is 94.5 Å². The molecule has 2 aromatic heterocycles. The van der Waals surface area contributed by atoms with E-state index in [1.54, 1.807) is 58.4 Å². The first-order valence-corrected chi connectivity index (χ1v) is 39.3. The highest BCUT2D eigenvalue weighted by Gasteiger charge is 2.35. The first kappa shape index (κ1) is 97.5. The number of rotatable bonds is 56. The zero-order valence-corrected chi connectivity index (χ0v) is 67.2. The number of primary amides is 2. The smallest absolute Gasteiger partial charge is 0.246 e. The van der Waals surface area contributed by atoms with Gasteiger partial charge in [0.1, 0.15) is 67.0 Å². The summed E-state index contributed by atoms with van der Waals surface area (Å²) in [5, 5.41) is 46.1. The molecule has 3 aromatic rings. The molecule has 44 heteroatoms. The number of hydrogen-bond acceptors (Lipinski definition) is 24. The summed E-state index contributed by atoms with van der Waals surface area (Å²) >= 11 is 2.50. The van der Waals surface area contributed by atoms with Gasteiger partial charge < -0.3 is 127 Å². The van der Waals surface area contributed by atoms with Crippen molar-refractivity contribution in [3.05, 3.63) is 54.2 Å². The molecular weight excluding hydrogens is 1530 g/mol. The van der Waals surface area contributed by atoms with Gasteiger partial charge in [0.15, 0.2) is 5.96 Å². The minimum atomic E-state index is -1.48. The van der Waals surface area contributed by atoms with Gasteiger partial charge in [-0.25, -0.2) is 4.98 Å². The van der Waals surface area contributed by atoms with Crippen LogP contribution in [0.3, 0.4) is 0 Å². The van der Waals surface area contributed by atoms with Crippen molar-refractivity contribution in [1.29, 1.82) is 0 Å². The number of nitrogens with two attached hydrogens (primary N) is 4. The molecule has 42 nitrogen and oxygen atoms in total. The van der Waals surface area contributed by atoms with Crippen LogP contribution >= 0.6 is 23.5 Å². The maximum atomic E-state index is 14.4. The van der Waals surface area contributed by atoms with Gasteiger partial charge in [0.05, 0.1) is 58.3 Å². The molecule has 0 radical (unpaired) electrons. The number of amides is 16. The molecule has 0 unspecified atom stereocenters. The van der Waals surface area contributed by atoms with Crippen LogP contribution in [0.5, 0.6) is 0 Å². The molecule has 1 aromatic carbocycles. The fourth-order valence-corrected chi connectivity index (χ4v) is 12.0. The third kappa shape index (κ3) is 38.7. The fourth-order valence-electron chi connectivity index (χ4n) is 10.7. The second-order valence-electron chi connectivity index (χ2n) is 27.4. The predicted octanol–water partition coefficient (Wildman–Crippen LogP) is -7.43. The summed E-state index contributed by atoms with van der Waals surface area (Å²) in [7, 11) is 3.23. The number of benzene rings is 1. The molecule has 25 N–H and O–H groups in total. The van der Waals surface area contributed by atoms with Crippen molar-refractivity contribution < 1.29 is 91.3 Å². The number of carbonyl (C=O) groups is 16. The van der Waals surface area contributed by atoms with E-state index in [2.05, 4.69) is 94.4 Å². The fraction of sp³-hybridized carbons (Fsp3) is 0.600. The first-order valence-electron chi connectivity index (χ1n) is 36.7. The summed E-state index contributed by atoms with van der Waals surface area (Å²) in [4.78, 5) is 228. The van der Waals surface area contributed by atoms with Gasteiger partial charge >= 0.3 is 0 Å². The number of ether oxygens (including phenoxy) is 2. The first-order chi connectivity index (χ1) is 54.0. The van der Waals surface area contributed by atoms with Crippen LogP contribution in [0, 0.1) is 11.8 Å². The van der Waals surface area contributed by atoms with Crippen LogP contribution in [0.2, 0.25) is 0 Å². The van der Waals surface area contributed by atoms with E-state index in [9.17, 15) is 81.8 Å². The summed E-state index contributed by atoms with van der Waals surface area (Å²) in [6.07, 6.45) is 5.82. The SMILES string of the molecule is CSCC[C@H](NC(=O)[C@H](CC(C)C)NC(=O)[C@H](Cc1cnc[nH]1)NC(=O)CNC(=O)[C@@H](NC(=O)[C@H](C)NC(=O)[C@H](Cc1c[nH]c2ccccc12)NC(=O)[C@H](CCC(N)=O)NC(=O)COCCOCCNC(=O)[C@H](CCCN=C(N)N)NC(=O)CNC(=O)[C@H](CSCNC(C)=O)NC(=O)[C@H](CO)NC(=O)CN(C)C)C(C)C)C(N)=O. The Morgan fingerprint density at radius 2 is 1.17 bits per heavy atom. The predicted molar refractivity (Wildman–Crippen MR) is 422 cm³/mol. The van der Waals surface area contributed by atoms with Crippen LogP contribution in [0.1, 0.15) is 91.3 Å². The number of imidazole rings is 1. The standard InChI is InChI=1S/C70H113N23O19S2/c1-38(2)25-49(66(107)88-46(60(72)101)18-24-113-9)89-67(108)51(27-43-29-75-36-81-43)86-56(98)31-80-69(110)59(39(3)4)92-61(102)40(5)83-65(106)50(26-42-28-78-45-14-11-10-13-44(42)45)90-64(105)48(16-17-54(71)96)85-58(100)34-112-23-22-111-21-20-76-62(103)47(15-12-19-77-70(73)74)84-55(97)30-79-63(104)53(35-114-37-82-41(6)95)91-68(109)52(33-94)87-57(99)32-93(7)8/h10-11,13-14,28-29,36,38-40,46-53,59,78,94H,12,15-27,30-35,37H2,1-9H3,(H2,71,96)(H2,72,101)(H,75,81)(H,76,103)(H,79,104)(H,80,110)(H,82,95)(H,83,106)(H,84,97)(H,85,100)(H,86,98)(H,87,99)(H,88,107)(H,89,108)(H,90,105)(H,91,109)(H,92,102)(H4,73,74,77)/t40-,46-,47-,48-,49-,50-,51-,52-,53-,59-/m0/s1. The molecule has 0 aliphatic carbocycles. The third-order valence-corrected chi connectivity index (χ3v) is 18.1. The number of aromatic amines is 2. The van der Waals surface area contributed by atoms with Crippen molar-refractivity contribution in [2.24, 2.45) is 39.8 Å². The van der Waals surface area contributed by atoms with Gasteiger partial charge in [0.25, 0.3) is 0 Å². The minimum absolute atomic E-state index is 0.0174. The van der Waals surface area contributed by atoms with E-state index in [0.717, 1.165) is 11.8 Å². The molecule has 0 saturated heterocycles. The van der Waals surface area contributed by atoms with Gasteiger partial charge in [-0.1, -0.05) is 45.9 Å². The molecule has 0 bridgehead atoms. The molecule has 16 amide bonds. The van der Waals surface area contributed by atoms with E-state index in [0.29, 0.717) is 27.9 Å². The lowest BCUT2D eigenvalue weighted by Crippen LogP contribution is -2.59. The number of fused-ring (bicyclic) bond motifs is 1. The van der Waals surface area contributed by atoms with E-state index in [1.165, 1.54) is 43.0 Å². The highest BCUT2D eigenvalue weighted by molar-refractivity contribution is 7.99. The lowest BCUT2D eigenvalue weighted by molar-refractivity contribution is -0.135. The summed E-state index contributed by atoms with van der Waals surface area (Å²) in [6.45, 7) is 6.10. The van der Waals surface area contributed by atoms with Crippen molar-refractivity contribution in [1.82, 2.24) is 94.3 Å². The lowest BCUT2D eigenvalue weighted by Gasteiger charge is -2.26. The summed E-state index contributed by atoms with van der Waals surface area (Å²) in [5.74, 6) is -12.9. The quantitative estimate of drug-likeness (QED) is 0.0108. The number of nitrogens with one attached hydrogen (secondary N) is 16. The molecule has 0 spiro atoms. The average molecular weight is 1640 g/mol. The van der Waals surface area contributed by atoms with Crippen LogP contribution in [-0.4, -0.2) is 289 Å². The normalized spacial score (nSPS) is 13.8. The van der Waals surface area contributed by atoms with Crippen molar-refractivity contribution in [2.75, 3.05) is 103 Å². The zero-order valence-electron chi connectivity index (χ0n) is 65.6. The van der Waals surface area contributed by atoms with Gasteiger partial charge in [0, 0.05) is 74.0 Å². The van der Waals surface area contributed by atoms with E-state index in [1.807, 2.05) is 20.1 Å². The third-order valence-electron chi connectivity index (χ3n) is 16.5. The maximum absolute atomic E-state index is 14.4. The summed E-state index contributed by atoms with van der Waals surface area (Å²) < 4.78 is 11.1. The molecule has 0 saturated carbocycles.